The SMILES string of the molecule is CC/C=C\C/C=C\C/C=C\C/C=C\C/C=C\CC(=O)OC(COCCCCCCC/C=C\C/C=C\C/C=C\C/C=C\CC)COC1OC(COC2OC(CO)C(O)C(O)C2O)C(O)C(O)C1O. The minimum Gasteiger partial charge on any atom is -0.457 e. The summed E-state index contributed by atoms with van der Waals surface area (Å²) in [6, 6.07) is 0. The molecule has 2 heterocycles. The Morgan fingerprint density at radius 3 is 1.45 bits per heavy atom. The Hall–Kier alpha value is -3.35. The number of unbranched alkanes of at least 4 members (excludes halogenated alkanes) is 5. The number of carbonyl (C=O) groups is 1. The second-order valence-corrected chi connectivity index (χ2v) is 16.5. The number of ether oxygens (including phenoxy) is 6. The molecule has 0 aliphatic carbocycles. The standard InChI is InChI=1S/C53H84O14/c1-3-5-7-9-11-13-15-17-19-20-21-23-25-27-29-31-33-35-37-62-39-42(65-45(55)36-34-32-30-28-26-24-22-18-16-14-12-10-8-6-4-2)40-63-52-51(61)49(59)47(57)44(67-52)41-64-53-50(60)48(58)46(56)43(38-54)66-53/h5-8,11-14,17-19,21-23,26,28,32,34,42-44,46-54,56-61H,3-4,9-10,15-16,20,24-25,27,29-31,33,35-41H2,1-2H3/b7-5-,8-6-,13-11-,14-12-,19-17-,22-18-,23-21-,28-26-,34-32-. The summed E-state index contributed by atoms with van der Waals surface area (Å²) in [4.78, 5) is 12.9. The maximum Gasteiger partial charge on any atom is 0.310 e. The largest absolute Gasteiger partial charge is 0.457 e. The summed E-state index contributed by atoms with van der Waals surface area (Å²) in [6.45, 7) is 3.24. The quantitative estimate of drug-likeness (QED) is 0.0195. The van der Waals surface area contributed by atoms with Gasteiger partial charge in [0.2, 0.25) is 0 Å². The van der Waals surface area contributed by atoms with E-state index in [9.17, 15) is 40.5 Å². The first-order chi connectivity index (χ1) is 32.6. The van der Waals surface area contributed by atoms with Gasteiger partial charge < -0.3 is 64.2 Å². The van der Waals surface area contributed by atoms with Crippen molar-refractivity contribution in [3.8, 4) is 0 Å². The number of rotatable bonds is 36. The third-order valence-corrected chi connectivity index (χ3v) is 10.8. The van der Waals surface area contributed by atoms with E-state index in [0.717, 1.165) is 89.9 Å². The molecule has 0 saturated carbocycles. The highest BCUT2D eigenvalue weighted by Gasteiger charge is 2.47. The summed E-state index contributed by atoms with van der Waals surface area (Å²) in [5.41, 5.74) is 0. The van der Waals surface area contributed by atoms with E-state index in [1.807, 2.05) is 12.2 Å². The van der Waals surface area contributed by atoms with Crippen LogP contribution in [-0.2, 0) is 33.2 Å². The van der Waals surface area contributed by atoms with Crippen molar-refractivity contribution in [3.05, 3.63) is 109 Å². The maximum absolute atomic E-state index is 12.9. The van der Waals surface area contributed by atoms with Crippen molar-refractivity contribution in [1.82, 2.24) is 0 Å². The third-order valence-electron chi connectivity index (χ3n) is 10.8. The Bertz CT molecular complexity index is 1520. The molecule has 0 spiro atoms. The van der Waals surface area contributed by atoms with Crippen LogP contribution in [0.5, 0.6) is 0 Å². The van der Waals surface area contributed by atoms with Crippen molar-refractivity contribution in [1.29, 1.82) is 0 Å². The van der Waals surface area contributed by atoms with Crippen molar-refractivity contribution in [2.24, 2.45) is 0 Å². The Kier molecular flexibility index (Phi) is 35.2. The van der Waals surface area contributed by atoms with Crippen LogP contribution in [0.25, 0.3) is 0 Å². The highest BCUT2D eigenvalue weighted by molar-refractivity contribution is 5.71. The summed E-state index contributed by atoms with van der Waals surface area (Å²) in [5, 5.41) is 72.0. The van der Waals surface area contributed by atoms with Gasteiger partial charge in [-0.2, -0.15) is 0 Å². The first-order valence-corrected chi connectivity index (χ1v) is 24.5. The lowest BCUT2D eigenvalue weighted by Crippen LogP contribution is -2.61. The number of esters is 1. The van der Waals surface area contributed by atoms with Crippen molar-refractivity contribution >= 4 is 5.97 Å². The Balaban J connectivity index is 1.84. The number of carbonyl (C=O) groups excluding carboxylic acids is 1. The molecule has 0 aromatic carbocycles. The zero-order chi connectivity index (χ0) is 48.7. The molecule has 0 aromatic rings. The minimum absolute atomic E-state index is 0.000873. The average molecular weight is 945 g/mol. The van der Waals surface area contributed by atoms with Gasteiger partial charge in [-0.05, 0) is 77.0 Å². The van der Waals surface area contributed by atoms with Gasteiger partial charge in [-0.1, -0.05) is 142 Å². The topological polar surface area (TPSA) is 214 Å². The van der Waals surface area contributed by atoms with Crippen LogP contribution in [0.4, 0.5) is 0 Å². The van der Waals surface area contributed by atoms with E-state index in [0.29, 0.717) is 13.0 Å². The van der Waals surface area contributed by atoms with Crippen LogP contribution in [0.1, 0.15) is 117 Å². The normalized spacial score (nSPS) is 27.1. The molecule has 2 aliphatic heterocycles. The third kappa shape index (κ3) is 27.4. The van der Waals surface area contributed by atoms with Crippen LogP contribution in [-0.4, -0.2) is 142 Å². The lowest BCUT2D eigenvalue weighted by Gasteiger charge is -2.42. The number of aliphatic hydroxyl groups is 7. The molecular weight excluding hydrogens is 861 g/mol. The molecule has 0 amide bonds. The molecule has 0 bridgehead atoms. The first-order valence-electron chi connectivity index (χ1n) is 24.5. The predicted octanol–water partition coefficient (Wildman–Crippen LogP) is 6.84. The lowest BCUT2D eigenvalue weighted by molar-refractivity contribution is -0.332. The van der Waals surface area contributed by atoms with Gasteiger partial charge in [0.1, 0.15) is 54.9 Å². The van der Waals surface area contributed by atoms with Crippen LogP contribution in [0.3, 0.4) is 0 Å². The van der Waals surface area contributed by atoms with E-state index < -0.39 is 86.7 Å². The molecule has 67 heavy (non-hydrogen) atoms. The van der Waals surface area contributed by atoms with Gasteiger partial charge in [0, 0.05) is 6.61 Å². The summed E-state index contributed by atoms with van der Waals surface area (Å²) in [5.74, 6) is -0.516. The van der Waals surface area contributed by atoms with Gasteiger partial charge in [0.15, 0.2) is 12.6 Å². The number of allylic oxidation sites excluding steroid dienone is 17. The molecule has 2 rings (SSSR count). The van der Waals surface area contributed by atoms with E-state index in [1.54, 1.807) is 6.08 Å². The molecule has 2 aliphatic rings. The summed E-state index contributed by atoms with van der Waals surface area (Å²) in [6.07, 6.45) is 36.1. The molecule has 11 unspecified atom stereocenters. The van der Waals surface area contributed by atoms with Crippen molar-refractivity contribution in [3.63, 3.8) is 0 Å². The monoisotopic (exact) mass is 945 g/mol. The molecule has 0 radical (unpaired) electrons. The van der Waals surface area contributed by atoms with Gasteiger partial charge in [-0.25, -0.2) is 0 Å². The molecule has 11 atom stereocenters. The number of hydrogen-bond acceptors (Lipinski definition) is 14. The van der Waals surface area contributed by atoms with Gasteiger partial charge in [-0.15, -0.1) is 0 Å². The van der Waals surface area contributed by atoms with Gasteiger partial charge in [-0.3, -0.25) is 4.79 Å². The van der Waals surface area contributed by atoms with Gasteiger partial charge in [0.05, 0.1) is 32.8 Å². The molecule has 14 heteroatoms. The van der Waals surface area contributed by atoms with E-state index in [2.05, 4.69) is 105 Å². The smallest absolute Gasteiger partial charge is 0.310 e. The fraction of sp³-hybridized carbons (Fsp3) is 0.642. The van der Waals surface area contributed by atoms with Gasteiger partial charge >= 0.3 is 5.97 Å². The van der Waals surface area contributed by atoms with E-state index >= 15 is 0 Å². The summed E-state index contributed by atoms with van der Waals surface area (Å²) >= 11 is 0. The zero-order valence-corrected chi connectivity index (χ0v) is 40.1. The zero-order valence-electron chi connectivity index (χ0n) is 40.1. The second kappa shape index (κ2) is 39.5. The summed E-state index contributed by atoms with van der Waals surface area (Å²) in [7, 11) is 0. The van der Waals surface area contributed by atoms with Crippen LogP contribution in [0.2, 0.25) is 0 Å². The van der Waals surface area contributed by atoms with E-state index in [4.69, 9.17) is 28.4 Å². The highest BCUT2D eigenvalue weighted by Crippen LogP contribution is 2.26. The molecule has 7 N–H and O–H groups in total. The number of aliphatic hydroxyl groups excluding tert-OH is 7. The van der Waals surface area contributed by atoms with Crippen LogP contribution in [0.15, 0.2) is 109 Å². The maximum atomic E-state index is 12.9. The van der Waals surface area contributed by atoms with Crippen LogP contribution in [0, 0.1) is 0 Å². The molecule has 2 fully saturated rings. The van der Waals surface area contributed by atoms with Crippen LogP contribution >= 0.6 is 0 Å². The van der Waals surface area contributed by atoms with E-state index in [-0.39, 0.29) is 19.6 Å². The molecule has 14 nitrogen and oxygen atoms in total. The first kappa shape index (κ1) is 59.8. The molecule has 0 aromatic heterocycles. The highest BCUT2D eigenvalue weighted by atomic mass is 16.7. The van der Waals surface area contributed by atoms with Crippen molar-refractivity contribution in [2.45, 2.75) is 184 Å². The Morgan fingerprint density at radius 2 is 0.925 bits per heavy atom. The second-order valence-electron chi connectivity index (χ2n) is 16.5. The Labute approximate surface area is 400 Å². The average Bonchev–Trinajstić information content (AvgIpc) is 3.32. The fourth-order valence-corrected chi connectivity index (χ4v) is 6.88. The van der Waals surface area contributed by atoms with Gasteiger partial charge in [0.25, 0.3) is 0 Å². The van der Waals surface area contributed by atoms with Crippen molar-refractivity contribution in [2.75, 3.05) is 33.0 Å². The number of hydrogen-bond donors (Lipinski definition) is 7. The summed E-state index contributed by atoms with van der Waals surface area (Å²) < 4.78 is 34.1. The lowest BCUT2D eigenvalue weighted by atomic mass is 9.98. The van der Waals surface area contributed by atoms with Crippen molar-refractivity contribution < 1.29 is 69.0 Å². The minimum atomic E-state index is -1.73. The Morgan fingerprint density at radius 1 is 0.493 bits per heavy atom. The molecular formula is C53H84O14. The van der Waals surface area contributed by atoms with Crippen LogP contribution < -0.4 is 0 Å². The fourth-order valence-electron chi connectivity index (χ4n) is 6.88. The molecule has 380 valence electrons. The van der Waals surface area contributed by atoms with E-state index in [1.165, 1.54) is 0 Å². The molecule has 2 saturated heterocycles. The predicted molar refractivity (Wildman–Crippen MR) is 261 cm³/mol.